The van der Waals surface area contributed by atoms with Crippen molar-refractivity contribution < 1.29 is 0 Å². The second-order valence-electron chi connectivity index (χ2n) is 5.99. The molecule has 0 atom stereocenters. The molecule has 0 aliphatic rings. The van der Waals surface area contributed by atoms with Gasteiger partial charge in [0.05, 0.1) is 12.7 Å². The zero-order valence-electron chi connectivity index (χ0n) is 13.9. The van der Waals surface area contributed by atoms with E-state index in [0.29, 0.717) is 6.54 Å². The van der Waals surface area contributed by atoms with Gasteiger partial charge in [-0.1, -0.05) is 59.3 Å². The van der Waals surface area contributed by atoms with Gasteiger partial charge in [-0.05, 0) is 18.1 Å². The SMILES string of the molecule is Cc1ccc(-c2cn(Cc3ccc(-c4cncnc4)cc3)nn2)cc1. The summed E-state index contributed by atoms with van der Waals surface area (Å²) in [6.07, 6.45) is 7.14. The number of nitrogens with zero attached hydrogens (tertiary/aromatic N) is 5. The van der Waals surface area contributed by atoms with Gasteiger partial charge in [0, 0.05) is 23.5 Å². The molecule has 0 unspecified atom stereocenters. The number of benzene rings is 2. The Morgan fingerprint density at radius 2 is 1.48 bits per heavy atom. The van der Waals surface area contributed by atoms with Gasteiger partial charge in [-0.15, -0.1) is 5.10 Å². The van der Waals surface area contributed by atoms with Crippen molar-refractivity contribution in [2.24, 2.45) is 0 Å². The van der Waals surface area contributed by atoms with Gasteiger partial charge in [-0.25, -0.2) is 14.6 Å². The van der Waals surface area contributed by atoms with Crippen molar-refractivity contribution in [3.8, 4) is 22.4 Å². The second kappa shape index (κ2) is 6.65. The largest absolute Gasteiger partial charge is 0.247 e. The Balaban J connectivity index is 1.50. The first-order chi connectivity index (χ1) is 12.3. The fourth-order valence-electron chi connectivity index (χ4n) is 2.67. The van der Waals surface area contributed by atoms with E-state index in [2.05, 4.69) is 75.7 Å². The molecular formula is C20H17N5. The Morgan fingerprint density at radius 1 is 0.800 bits per heavy atom. The lowest BCUT2D eigenvalue weighted by Crippen LogP contribution is -2.00. The van der Waals surface area contributed by atoms with E-state index in [9.17, 15) is 0 Å². The summed E-state index contributed by atoms with van der Waals surface area (Å²) in [6.45, 7) is 2.76. The van der Waals surface area contributed by atoms with Crippen LogP contribution in [0.2, 0.25) is 0 Å². The van der Waals surface area contributed by atoms with Crippen molar-refractivity contribution in [3.63, 3.8) is 0 Å². The number of aryl methyl sites for hydroxylation is 1. The molecular weight excluding hydrogens is 310 g/mol. The molecule has 0 amide bonds. The lowest BCUT2D eigenvalue weighted by molar-refractivity contribution is 0.650. The molecule has 0 bridgehead atoms. The topological polar surface area (TPSA) is 56.5 Å². The third-order valence-electron chi connectivity index (χ3n) is 4.08. The average Bonchev–Trinajstić information content (AvgIpc) is 3.12. The fraction of sp³-hybridized carbons (Fsp3) is 0.100. The average molecular weight is 327 g/mol. The van der Waals surface area contributed by atoms with E-state index in [1.807, 2.05) is 23.3 Å². The number of hydrogen-bond acceptors (Lipinski definition) is 4. The molecule has 4 rings (SSSR count). The van der Waals surface area contributed by atoms with Crippen molar-refractivity contribution in [2.45, 2.75) is 13.5 Å². The predicted octanol–water partition coefficient (Wildman–Crippen LogP) is 3.76. The first-order valence-electron chi connectivity index (χ1n) is 8.09. The molecule has 0 spiro atoms. The van der Waals surface area contributed by atoms with Crippen LogP contribution in [0.5, 0.6) is 0 Å². The Labute approximate surface area is 146 Å². The molecule has 25 heavy (non-hydrogen) atoms. The zero-order chi connectivity index (χ0) is 17.1. The van der Waals surface area contributed by atoms with E-state index >= 15 is 0 Å². The summed E-state index contributed by atoms with van der Waals surface area (Å²) < 4.78 is 1.86. The highest BCUT2D eigenvalue weighted by Crippen LogP contribution is 2.19. The molecule has 0 radical (unpaired) electrons. The third-order valence-corrected chi connectivity index (χ3v) is 4.08. The number of hydrogen-bond donors (Lipinski definition) is 0. The predicted molar refractivity (Wildman–Crippen MR) is 96.8 cm³/mol. The van der Waals surface area contributed by atoms with Crippen molar-refractivity contribution in [2.75, 3.05) is 0 Å². The van der Waals surface area contributed by atoms with Crippen molar-refractivity contribution in [3.05, 3.63) is 84.6 Å². The number of aromatic nitrogens is 5. The third kappa shape index (κ3) is 3.45. The van der Waals surface area contributed by atoms with E-state index in [1.54, 1.807) is 0 Å². The molecule has 0 saturated heterocycles. The van der Waals surface area contributed by atoms with Crippen LogP contribution in [0.15, 0.2) is 73.4 Å². The highest BCUT2D eigenvalue weighted by molar-refractivity contribution is 5.61. The summed E-state index contributed by atoms with van der Waals surface area (Å²) in [4.78, 5) is 8.11. The van der Waals surface area contributed by atoms with E-state index < -0.39 is 0 Å². The Bertz CT molecular complexity index is 957. The minimum atomic E-state index is 0.685. The van der Waals surface area contributed by atoms with Crippen LogP contribution in [0.1, 0.15) is 11.1 Å². The van der Waals surface area contributed by atoms with Gasteiger partial charge < -0.3 is 0 Å². The normalized spacial score (nSPS) is 10.8. The van der Waals surface area contributed by atoms with Crippen LogP contribution in [0.3, 0.4) is 0 Å². The molecule has 122 valence electrons. The maximum Gasteiger partial charge on any atom is 0.115 e. The van der Waals surface area contributed by atoms with Crippen LogP contribution in [0, 0.1) is 6.92 Å². The molecule has 5 nitrogen and oxygen atoms in total. The van der Waals surface area contributed by atoms with Crippen molar-refractivity contribution >= 4 is 0 Å². The Hall–Kier alpha value is -3.34. The maximum atomic E-state index is 4.27. The van der Waals surface area contributed by atoms with Crippen LogP contribution in [0.4, 0.5) is 0 Å². The summed E-state index contributed by atoms with van der Waals surface area (Å²) in [7, 11) is 0. The molecule has 0 N–H and O–H groups in total. The van der Waals surface area contributed by atoms with Crippen LogP contribution in [0.25, 0.3) is 22.4 Å². The van der Waals surface area contributed by atoms with Gasteiger partial charge in [0.25, 0.3) is 0 Å². The second-order valence-corrected chi connectivity index (χ2v) is 5.99. The molecule has 2 heterocycles. The standard InChI is InChI=1S/C20H17N5/c1-15-2-6-18(7-3-15)20-13-25(24-23-20)12-16-4-8-17(9-5-16)19-10-21-14-22-11-19/h2-11,13-14H,12H2,1H3. The first kappa shape index (κ1) is 15.2. The molecule has 2 aromatic carbocycles. The van der Waals surface area contributed by atoms with Gasteiger partial charge in [0.15, 0.2) is 0 Å². The minimum absolute atomic E-state index is 0.685. The van der Waals surface area contributed by atoms with Crippen LogP contribution in [-0.2, 0) is 6.54 Å². The summed E-state index contributed by atoms with van der Waals surface area (Å²) >= 11 is 0. The van der Waals surface area contributed by atoms with E-state index in [1.165, 1.54) is 17.5 Å². The van der Waals surface area contributed by atoms with Gasteiger partial charge >= 0.3 is 0 Å². The molecule has 0 aliphatic carbocycles. The zero-order valence-corrected chi connectivity index (χ0v) is 13.9. The van der Waals surface area contributed by atoms with Gasteiger partial charge in [-0.2, -0.15) is 0 Å². The molecule has 0 saturated carbocycles. The van der Waals surface area contributed by atoms with E-state index in [-0.39, 0.29) is 0 Å². The highest BCUT2D eigenvalue weighted by atomic mass is 15.4. The summed E-state index contributed by atoms with van der Waals surface area (Å²) in [6, 6.07) is 16.6. The summed E-state index contributed by atoms with van der Waals surface area (Å²) in [5.41, 5.74) is 6.48. The minimum Gasteiger partial charge on any atom is -0.247 e. The van der Waals surface area contributed by atoms with E-state index in [4.69, 9.17) is 0 Å². The van der Waals surface area contributed by atoms with Crippen molar-refractivity contribution in [1.29, 1.82) is 0 Å². The number of rotatable bonds is 4. The van der Waals surface area contributed by atoms with E-state index in [0.717, 1.165) is 22.4 Å². The molecule has 4 aromatic rings. The summed E-state index contributed by atoms with van der Waals surface area (Å²) in [5.74, 6) is 0. The maximum absolute atomic E-state index is 4.27. The van der Waals surface area contributed by atoms with Gasteiger partial charge in [0.2, 0.25) is 0 Å². The Kier molecular flexibility index (Phi) is 4.04. The molecule has 0 fully saturated rings. The first-order valence-corrected chi connectivity index (χ1v) is 8.09. The quantitative estimate of drug-likeness (QED) is 0.573. The monoisotopic (exact) mass is 327 g/mol. The fourth-order valence-corrected chi connectivity index (χ4v) is 2.67. The van der Waals surface area contributed by atoms with Crippen molar-refractivity contribution in [1.82, 2.24) is 25.0 Å². The van der Waals surface area contributed by atoms with Gasteiger partial charge in [-0.3, -0.25) is 0 Å². The molecule has 0 aliphatic heterocycles. The molecule has 2 aromatic heterocycles. The van der Waals surface area contributed by atoms with Crippen LogP contribution < -0.4 is 0 Å². The lowest BCUT2D eigenvalue weighted by Gasteiger charge is -2.04. The molecule has 5 heteroatoms. The highest BCUT2D eigenvalue weighted by Gasteiger charge is 2.05. The van der Waals surface area contributed by atoms with Crippen LogP contribution >= 0.6 is 0 Å². The Morgan fingerprint density at radius 3 is 2.20 bits per heavy atom. The van der Waals surface area contributed by atoms with Gasteiger partial charge in [0.1, 0.15) is 12.0 Å². The summed E-state index contributed by atoms with van der Waals surface area (Å²) in [5, 5.41) is 8.51. The lowest BCUT2D eigenvalue weighted by atomic mass is 10.1. The van der Waals surface area contributed by atoms with Crippen LogP contribution in [-0.4, -0.2) is 25.0 Å². The smallest absolute Gasteiger partial charge is 0.115 e.